The van der Waals surface area contributed by atoms with Gasteiger partial charge in [-0.25, -0.2) is 0 Å². The summed E-state index contributed by atoms with van der Waals surface area (Å²) >= 11 is 0. The molecule has 1 aromatic rings. The molecule has 20 heavy (non-hydrogen) atoms. The smallest absolute Gasteiger partial charge is 0.231 e. The van der Waals surface area contributed by atoms with Crippen LogP contribution in [0.15, 0.2) is 18.2 Å². The first-order chi connectivity index (χ1) is 9.74. The second kappa shape index (κ2) is 5.99. The van der Waals surface area contributed by atoms with Crippen molar-refractivity contribution < 1.29 is 14.2 Å². The van der Waals surface area contributed by atoms with E-state index in [1.54, 1.807) is 0 Å². The second-order valence-corrected chi connectivity index (χ2v) is 5.50. The minimum Gasteiger partial charge on any atom is -0.454 e. The lowest BCUT2D eigenvalue weighted by Crippen LogP contribution is -2.40. The normalized spacial score (nSPS) is 20.4. The van der Waals surface area contributed by atoms with Crippen LogP contribution in [0.1, 0.15) is 24.4 Å². The first kappa shape index (κ1) is 13.7. The van der Waals surface area contributed by atoms with Crippen LogP contribution in [-0.2, 0) is 4.74 Å². The Labute approximate surface area is 119 Å². The van der Waals surface area contributed by atoms with E-state index in [1.807, 2.05) is 18.2 Å². The largest absolute Gasteiger partial charge is 0.454 e. The summed E-state index contributed by atoms with van der Waals surface area (Å²) in [4.78, 5) is 2.35. The van der Waals surface area contributed by atoms with Crippen LogP contribution in [0.25, 0.3) is 0 Å². The fourth-order valence-corrected chi connectivity index (χ4v) is 2.83. The van der Waals surface area contributed by atoms with Gasteiger partial charge in [0.05, 0.1) is 0 Å². The zero-order valence-corrected chi connectivity index (χ0v) is 11.9. The van der Waals surface area contributed by atoms with Crippen molar-refractivity contribution in [3.8, 4) is 11.5 Å². The molecule has 1 aromatic carbocycles. The van der Waals surface area contributed by atoms with Gasteiger partial charge in [0, 0.05) is 31.8 Å². The zero-order valence-electron chi connectivity index (χ0n) is 11.9. The van der Waals surface area contributed by atoms with Crippen LogP contribution >= 0.6 is 0 Å². The Bertz CT molecular complexity index is 460. The summed E-state index contributed by atoms with van der Waals surface area (Å²) in [7, 11) is 2.14. The predicted octanol–water partition coefficient (Wildman–Crippen LogP) is 1.53. The van der Waals surface area contributed by atoms with Crippen LogP contribution in [0.4, 0.5) is 0 Å². The molecule has 2 N–H and O–H groups in total. The molecule has 0 amide bonds. The van der Waals surface area contributed by atoms with Gasteiger partial charge in [0.25, 0.3) is 0 Å². The van der Waals surface area contributed by atoms with Gasteiger partial charge in [-0.05, 0) is 37.6 Å². The Hall–Kier alpha value is -1.30. The third-order valence-corrected chi connectivity index (χ3v) is 4.12. The Morgan fingerprint density at radius 3 is 2.80 bits per heavy atom. The number of ether oxygens (including phenoxy) is 3. The van der Waals surface area contributed by atoms with E-state index in [0.717, 1.165) is 49.7 Å². The third kappa shape index (κ3) is 2.90. The molecule has 2 heterocycles. The van der Waals surface area contributed by atoms with E-state index in [9.17, 15) is 0 Å². The van der Waals surface area contributed by atoms with E-state index in [4.69, 9.17) is 19.9 Å². The molecule has 2 aliphatic heterocycles. The van der Waals surface area contributed by atoms with Gasteiger partial charge in [0.15, 0.2) is 11.5 Å². The van der Waals surface area contributed by atoms with E-state index in [2.05, 4.69) is 11.9 Å². The summed E-state index contributed by atoms with van der Waals surface area (Å²) < 4.78 is 16.1. The van der Waals surface area contributed by atoms with E-state index >= 15 is 0 Å². The Kier molecular flexibility index (Phi) is 4.10. The predicted molar refractivity (Wildman–Crippen MR) is 76.0 cm³/mol. The summed E-state index contributed by atoms with van der Waals surface area (Å²) in [6, 6.07) is 6.51. The number of fused-ring (bicyclic) bond motifs is 1. The minimum atomic E-state index is -0.0163. The standard InChI is InChI=1S/C15H22N2O3/c1-17(12-4-6-18-7-5-12)9-13(16)11-2-3-14-15(8-11)20-10-19-14/h2-3,8,12-13H,4-7,9-10,16H2,1H3. The summed E-state index contributed by atoms with van der Waals surface area (Å²) in [5.41, 5.74) is 7.42. The van der Waals surface area contributed by atoms with Gasteiger partial charge in [-0.2, -0.15) is 0 Å². The topological polar surface area (TPSA) is 57.0 Å². The molecule has 1 fully saturated rings. The number of nitrogens with zero attached hydrogens (tertiary/aromatic N) is 1. The molecule has 1 atom stereocenters. The van der Waals surface area contributed by atoms with Gasteiger partial charge in [0.1, 0.15) is 0 Å². The number of hydrogen-bond acceptors (Lipinski definition) is 5. The highest BCUT2D eigenvalue weighted by Gasteiger charge is 2.22. The van der Waals surface area contributed by atoms with Crippen molar-refractivity contribution >= 4 is 0 Å². The molecule has 110 valence electrons. The maximum absolute atomic E-state index is 6.33. The van der Waals surface area contributed by atoms with Gasteiger partial charge in [-0.15, -0.1) is 0 Å². The average Bonchev–Trinajstić information content (AvgIpc) is 2.95. The number of nitrogens with two attached hydrogens (primary N) is 1. The SMILES string of the molecule is CN(CC(N)c1ccc2c(c1)OCO2)C1CCOCC1. The Morgan fingerprint density at radius 1 is 1.25 bits per heavy atom. The van der Waals surface area contributed by atoms with Crippen LogP contribution in [0.5, 0.6) is 11.5 Å². The van der Waals surface area contributed by atoms with Crippen molar-refractivity contribution in [3.63, 3.8) is 0 Å². The second-order valence-electron chi connectivity index (χ2n) is 5.50. The summed E-state index contributed by atoms with van der Waals surface area (Å²) in [5.74, 6) is 1.60. The van der Waals surface area contributed by atoms with Crippen molar-refractivity contribution in [2.24, 2.45) is 5.73 Å². The fraction of sp³-hybridized carbons (Fsp3) is 0.600. The van der Waals surface area contributed by atoms with Gasteiger partial charge in [-0.1, -0.05) is 6.07 Å². The van der Waals surface area contributed by atoms with Crippen LogP contribution in [0.2, 0.25) is 0 Å². The quantitative estimate of drug-likeness (QED) is 0.905. The molecule has 1 unspecified atom stereocenters. The van der Waals surface area contributed by atoms with Crippen LogP contribution in [0.3, 0.4) is 0 Å². The molecular weight excluding hydrogens is 256 g/mol. The lowest BCUT2D eigenvalue weighted by atomic mass is 10.0. The molecule has 1 saturated heterocycles. The Morgan fingerprint density at radius 2 is 2.00 bits per heavy atom. The van der Waals surface area contributed by atoms with Gasteiger partial charge in [0.2, 0.25) is 6.79 Å². The number of likely N-dealkylation sites (N-methyl/N-ethyl adjacent to an activating group) is 1. The molecule has 2 aliphatic rings. The number of rotatable bonds is 4. The van der Waals surface area contributed by atoms with Crippen molar-refractivity contribution in [1.29, 1.82) is 0 Å². The van der Waals surface area contributed by atoms with Crippen LogP contribution in [0, 0.1) is 0 Å². The zero-order chi connectivity index (χ0) is 13.9. The molecule has 0 radical (unpaired) electrons. The molecule has 0 spiro atoms. The van der Waals surface area contributed by atoms with E-state index in [1.165, 1.54) is 0 Å². The van der Waals surface area contributed by atoms with Gasteiger partial charge >= 0.3 is 0 Å². The maximum Gasteiger partial charge on any atom is 0.231 e. The molecule has 5 nitrogen and oxygen atoms in total. The van der Waals surface area contributed by atoms with Crippen LogP contribution < -0.4 is 15.2 Å². The van der Waals surface area contributed by atoms with Gasteiger partial charge < -0.3 is 24.8 Å². The highest BCUT2D eigenvalue weighted by Crippen LogP contribution is 2.34. The first-order valence-electron chi connectivity index (χ1n) is 7.17. The first-order valence-corrected chi connectivity index (χ1v) is 7.17. The van der Waals surface area contributed by atoms with Gasteiger partial charge in [-0.3, -0.25) is 0 Å². The fourth-order valence-electron chi connectivity index (χ4n) is 2.83. The van der Waals surface area contributed by atoms with Crippen molar-refractivity contribution in [2.45, 2.75) is 24.9 Å². The molecule has 0 saturated carbocycles. The van der Waals surface area contributed by atoms with Crippen molar-refractivity contribution in [3.05, 3.63) is 23.8 Å². The van der Waals surface area contributed by atoms with E-state index in [-0.39, 0.29) is 6.04 Å². The number of benzene rings is 1. The molecule has 5 heteroatoms. The van der Waals surface area contributed by atoms with E-state index in [0.29, 0.717) is 12.8 Å². The molecule has 0 aromatic heterocycles. The lowest BCUT2D eigenvalue weighted by Gasteiger charge is -2.32. The summed E-state index contributed by atoms with van der Waals surface area (Å²) in [6.07, 6.45) is 2.18. The molecule has 0 aliphatic carbocycles. The summed E-state index contributed by atoms with van der Waals surface area (Å²) in [5, 5.41) is 0. The maximum atomic E-state index is 6.33. The highest BCUT2D eigenvalue weighted by atomic mass is 16.7. The third-order valence-electron chi connectivity index (χ3n) is 4.12. The molecular formula is C15H22N2O3. The minimum absolute atomic E-state index is 0.0163. The van der Waals surface area contributed by atoms with Crippen LogP contribution in [-0.4, -0.2) is 44.5 Å². The number of hydrogen-bond donors (Lipinski definition) is 1. The monoisotopic (exact) mass is 278 g/mol. The molecule has 3 rings (SSSR count). The average molecular weight is 278 g/mol. The summed E-state index contributed by atoms with van der Waals surface area (Å²) in [6.45, 7) is 2.85. The highest BCUT2D eigenvalue weighted by molar-refractivity contribution is 5.45. The molecule has 0 bridgehead atoms. The van der Waals surface area contributed by atoms with Crippen molar-refractivity contribution in [2.75, 3.05) is 33.6 Å². The lowest BCUT2D eigenvalue weighted by molar-refractivity contribution is 0.0413. The van der Waals surface area contributed by atoms with Crippen molar-refractivity contribution in [1.82, 2.24) is 4.90 Å². The van der Waals surface area contributed by atoms with E-state index < -0.39 is 0 Å². The Balaban J connectivity index is 1.62.